The Kier molecular flexibility index (Phi) is 5.63. The van der Waals surface area contributed by atoms with Gasteiger partial charge in [0, 0.05) is 25.0 Å². The van der Waals surface area contributed by atoms with Gasteiger partial charge in [0.05, 0.1) is 25.7 Å². The van der Waals surface area contributed by atoms with Crippen LogP contribution in [0.15, 0.2) is 47.6 Å². The zero-order valence-corrected chi connectivity index (χ0v) is 15.6. The second-order valence-electron chi connectivity index (χ2n) is 5.94. The Hall–Kier alpha value is -2.32. The summed E-state index contributed by atoms with van der Waals surface area (Å²) in [7, 11) is -0.648. The van der Waals surface area contributed by atoms with Gasteiger partial charge in [0.2, 0.25) is 10.0 Å². The van der Waals surface area contributed by atoms with Crippen molar-refractivity contribution in [2.75, 3.05) is 27.3 Å². The Bertz CT molecular complexity index is 842. The zero-order valence-electron chi connectivity index (χ0n) is 14.8. The van der Waals surface area contributed by atoms with Crippen molar-refractivity contribution in [2.45, 2.75) is 23.8 Å². The summed E-state index contributed by atoms with van der Waals surface area (Å²) in [5, 5.41) is 0. The van der Waals surface area contributed by atoms with Crippen molar-refractivity contribution in [1.82, 2.24) is 9.29 Å². The molecule has 0 bridgehead atoms. The number of pyridine rings is 1. The first kappa shape index (κ1) is 18.5. The molecule has 0 aliphatic carbocycles. The lowest BCUT2D eigenvalue weighted by Crippen LogP contribution is -2.44. The van der Waals surface area contributed by atoms with Gasteiger partial charge >= 0.3 is 0 Å². The van der Waals surface area contributed by atoms with Crippen LogP contribution < -0.4 is 14.2 Å². The SMILES string of the molecule is COc1ccc(S(=O)(=O)N2CCCC(Oc3ccncc3)C2)cc1OC. The summed E-state index contributed by atoms with van der Waals surface area (Å²) in [5.74, 6) is 1.56. The molecule has 0 N–H and O–H groups in total. The lowest BCUT2D eigenvalue weighted by atomic mass is 10.1. The molecule has 26 heavy (non-hydrogen) atoms. The van der Waals surface area contributed by atoms with Crippen molar-refractivity contribution < 1.29 is 22.6 Å². The predicted octanol–water partition coefficient (Wildman–Crippen LogP) is 2.33. The van der Waals surface area contributed by atoms with Crippen molar-refractivity contribution >= 4 is 10.0 Å². The first-order chi connectivity index (χ1) is 12.5. The van der Waals surface area contributed by atoms with Crippen molar-refractivity contribution in [3.63, 3.8) is 0 Å². The van der Waals surface area contributed by atoms with E-state index in [-0.39, 0.29) is 11.0 Å². The van der Waals surface area contributed by atoms with E-state index >= 15 is 0 Å². The van der Waals surface area contributed by atoms with E-state index in [1.807, 2.05) is 0 Å². The fraction of sp³-hybridized carbons (Fsp3) is 0.389. The van der Waals surface area contributed by atoms with Crippen LogP contribution in [0.25, 0.3) is 0 Å². The second-order valence-corrected chi connectivity index (χ2v) is 7.88. The largest absolute Gasteiger partial charge is 0.493 e. The van der Waals surface area contributed by atoms with Gasteiger partial charge in [-0.05, 0) is 37.1 Å². The summed E-state index contributed by atoms with van der Waals surface area (Å²) in [6.07, 6.45) is 4.65. The predicted molar refractivity (Wildman–Crippen MR) is 96.2 cm³/mol. The molecule has 2 aromatic rings. The van der Waals surface area contributed by atoms with E-state index in [0.717, 1.165) is 12.8 Å². The summed E-state index contributed by atoms with van der Waals surface area (Å²) in [5.41, 5.74) is 0. The number of hydrogen-bond donors (Lipinski definition) is 0. The maximum atomic E-state index is 13.0. The smallest absolute Gasteiger partial charge is 0.243 e. The summed E-state index contributed by atoms with van der Waals surface area (Å²) in [6.45, 7) is 0.770. The van der Waals surface area contributed by atoms with Gasteiger partial charge in [-0.15, -0.1) is 0 Å². The topological polar surface area (TPSA) is 78.0 Å². The molecule has 1 unspecified atom stereocenters. The lowest BCUT2D eigenvalue weighted by molar-refractivity contribution is 0.129. The number of rotatable bonds is 6. The molecule has 3 rings (SSSR count). The minimum atomic E-state index is -3.64. The van der Waals surface area contributed by atoms with Gasteiger partial charge in [-0.2, -0.15) is 4.31 Å². The number of methoxy groups -OCH3 is 2. The number of piperidine rings is 1. The van der Waals surface area contributed by atoms with Crippen molar-refractivity contribution in [1.29, 1.82) is 0 Å². The molecular weight excluding hydrogens is 356 g/mol. The van der Waals surface area contributed by atoms with Crippen LogP contribution in [-0.4, -0.2) is 51.1 Å². The van der Waals surface area contributed by atoms with Crippen molar-refractivity contribution in [3.8, 4) is 17.2 Å². The Morgan fingerprint density at radius 2 is 1.81 bits per heavy atom. The van der Waals surface area contributed by atoms with E-state index in [4.69, 9.17) is 14.2 Å². The maximum absolute atomic E-state index is 13.0. The molecule has 0 saturated carbocycles. The quantitative estimate of drug-likeness (QED) is 0.768. The van der Waals surface area contributed by atoms with Gasteiger partial charge in [-0.1, -0.05) is 0 Å². The summed E-state index contributed by atoms with van der Waals surface area (Å²) >= 11 is 0. The maximum Gasteiger partial charge on any atom is 0.243 e. The van der Waals surface area contributed by atoms with Gasteiger partial charge in [0.25, 0.3) is 0 Å². The van der Waals surface area contributed by atoms with E-state index in [9.17, 15) is 8.42 Å². The average Bonchev–Trinajstić information content (AvgIpc) is 2.68. The van der Waals surface area contributed by atoms with Crippen LogP contribution in [0.4, 0.5) is 0 Å². The monoisotopic (exact) mass is 378 g/mol. The standard InChI is InChI=1S/C18H22N2O5S/c1-23-17-6-5-16(12-18(17)24-2)26(21,22)20-11-3-4-15(13-20)25-14-7-9-19-10-8-14/h5-10,12,15H,3-4,11,13H2,1-2H3. The van der Waals surface area contributed by atoms with Crippen LogP contribution in [0.2, 0.25) is 0 Å². The van der Waals surface area contributed by atoms with Gasteiger partial charge in [-0.25, -0.2) is 8.42 Å². The lowest BCUT2D eigenvalue weighted by Gasteiger charge is -2.32. The minimum absolute atomic E-state index is 0.180. The van der Waals surface area contributed by atoms with Gasteiger partial charge in [0.15, 0.2) is 11.5 Å². The van der Waals surface area contributed by atoms with Crippen LogP contribution >= 0.6 is 0 Å². The highest BCUT2D eigenvalue weighted by molar-refractivity contribution is 7.89. The molecule has 1 aliphatic heterocycles. The number of sulfonamides is 1. The number of aromatic nitrogens is 1. The highest BCUT2D eigenvalue weighted by atomic mass is 32.2. The van der Waals surface area contributed by atoms with Crippen LogP contribution in [-0.2, 0) is 10.0 Å². The molecule has 8 heteroatoms. The second kappa shape index (κ2) is 7.92. The van der Waals surface area contributed by atoms with E-state index in [0.29, 0.717) is 30.3 Å². The third-order valence-corrected chi connectivity index (χ3v) is 6.15. The molecule has 1 aliphatic rings. The third kappa shape index (κ3) is 3.91. The molecule has 0 amide bonds. The Balaban J connectivity index is 1.78. The molecule has 140 valence electrons. The first-order valence-electron chi connectivity index (χ1n) is 8.33. The molecule has 1 aromatic heterocycles. The highest BCUT2D eigenvalue weighted by Crippen LogP contribution is 2.31. The van der Waals surface area contributed by atoms with E-state index in [2.05, 4.69) is 4.98 Å². The van der Waals surface area contributed by atoms with E-state index < -0.39 is 10.0 Å². The molecule has 1 atom stereocenters. The Morgan fingerprint density at radius 1 is 1.08 bits per heavy atom. The fourth-order valence-corrected chi connectivity index (χ4v) is 4.48. The zero-order chi connectivity index (χ0) is 18.6. The number of nitrogens with zero attached hydrogens (tertiary/aromatic N) is 2. The molecule has 7 nitrogen and oxygen atoms in total. The number of benzene rings is 1. The molecule has 1 aromatic carbocycles. The number of hydrogen-bond acceptors (Lipinski definition) is 6. The fourth-order valence-electron chi connectivity index (χ4n) is 2.95. The normalized spacial score (nSPS) is 18.3. The van der Waals surface area contributed by atoms with Crippen LogP contribution in [0.5, 0.6) is 17.2 Å². The van der Waals surface area contributed by atoms with Gasteiger partial charge in [-0.3, -0.25) is 4.98 Å². The van der Waals surface area contributed by atoms with Gasteiger partial charge in [0.1, 0.15) is 11.9 Å². The Morgan fingerprint density at radius 3 is 2.50 bits per heavy atom. The minimum Gasteiger partial charge on any atom is -0.493 e. The van der Waals surface area contributed by atoms with Crippen molar-refractivity contribution in [2.24, 2.45) is 0 Å². The molecule has 1 saturated heterocycles. The molecule has 0 spiro atoms. The summed E-state index contributed by atoms with van der Waals surface area (Å²) in [4.78, 5) is 4.13. The number of ether oxygens (including phenoxy) is 3. The summed E-state index contributed by atoms with van der Waals surface area (Å²) < 4.78 is 43.8. The van der Waals surface area contributed by atoms with Crippen molar-refractivity contribution in [3.05, 3.63) is 42.7 Å². The van der Waals surface area contributed by atoms with Gasteiger partial charge < -0.3 is 14.2 Å². The Labute approximate surface area is 153 Å². The third-order valence-electron chi connectivity index (χ3n) is 4.29. The average molecular weight is 378 g/mol. The highest BCUT2D eigenvalue weighted by Gasteiger charge is 2.31. The first-order valence-corrected chi connectivity index (χ1v) is 9.77. The molecule has 0 radical (unpaired) electrons. The van der Waals surface area contributed by atoms with Crippen LogP contribution in [0.1, 0.15) is 12.8 Å². The van der Waals surface area contributed by atoms with Crippen LogP contribution in [0, 0.1) is 0 Å². The van der Waals surface area contributed by atoms with E-state index in [1.165, 1.54) is 30.7 Å². The van der Waals surface area contributed by atoms with E-state index in [1.54, 1.807) is 30.6 Å². The molecule has 1 fully saturated rings. The summed E-state index contributed by atoms with van der Waals surface area (Å²) in [6, 6.07) is 8.15. The molecule has 2 heterocycles. The molecular formula is C18H22N2O5S. The van der Waals surface area contributed by atoms with Crippen LogP contribution in [0.3, 0.4) is 0 Å².